The zero-order valence-corrected chi connectivity index (χ0v) is 12.0. The van der Waals surface area contributed by atoms with Crippen LogP contribution in [-0.2, 0) is 4.79 Å². The molecule has 0 aromatic carbocycles. The normalized spacial score (nSPS) is 19.6. The molecule has 0 heterocycles. The Morgan fingerprint density at radius 1 is 1.28 bits per heavy atom. The molecule has 0 atom stereocenters. The van der Waals surface area contributed by atoms with Crippen LogP contribution in [0.2, 0.25) is 0 Å². The summed E-state index contributed by atoms with van der Waals surface area (Å²) in [5.74, 6) is 0.177. The molecule has 3 N–H and O–H groups in total. The van der Waals surface area contributed by atoms with E-state index in [9.17, 15) is 4.79 Å². The highest BCUT2D eigenvalue weighted by Gasteiger charge is 2.36. The van der Waals surface area contributed by atoms with Crippen LogP contribution < -0.4 is 11.1 Å². The van der Waals surface area contributed by atoms with Gasteiger partial charge in [-0.2, -0.15) is 0 Å². The number of nitrogens with zero attached hydrogens (tertiary/aromatic N) is 1. The first-order chi connectivity index (χ1) is 8.64. The van der Waals surface area contributed by atoms with E-state index >= 15 is 0 Å². The molecule has 1 aliphatic rings. The lowest BCUT2D eigenvalue weighted by molar-refractivity contribution is -0.131. The molecule has 18 heavy (non-hydrogen) atoms. The largest absolute Gasteiger partial charge is 0.354 e. The molecule has 0 aromatic heterocycles. The third kappa shape index (κ3) is 4.25. The van der Waals surface area contributed by atoms with E-state index in [-0.39, 0.29) is 11.3 Å². The van der Waals surface area contributed by atoms with Gasteiger partial charge in [-0.1, -0.05) is 32.6 Å². The van der Waals surface area contributed by atoms with Gasteiger partial charge in [-0.15, -0.1) is 0 Å². The van der Waals surface area contributed by atoms with E-state index in [0.29, 0.717) is 6.54 Å². The van der Waals surface area contributed by atoms with E-state index in [1.54, 1.807) is 0 Å². The smallest absolute Gasteiger partial charge is 0.227 e. The Balaban J connectivity index is 2.45. The first kappa shape index (κ1) is 15.4. The topological polar surface area (TPSA) is 58.4 Å². The standard InChI is InChI=1S/C14H29N3O/c1-3-17(2)11-10-16-13(18)14(12-15)8-6-4-5-7-9-14/h3-12,15H2,1-2H3,(H,16,18). The Bertz CT molecular complexity index is 247. The summed E-state index contributed by atoms with van der Waals surface area (Å²) in [6.07, 6.45) is 6.68. The van der Waals surface area contributed by atoms with Crippen molar-refractivity contribution < 1.29 is 4.79 Å². The van der Waals surface area contributed by atoms with Crippen molar-refractivity contribution in [1.82, 2.24) is 10.2 Å². The number of hydrogen-bond acceptors (Lipinski definition) is 3. The van der Waals surface area contributed by atoms with E-state index in [1.807, 2.05) is 0 Å². The van der Waals surface area contributed by atoms with Crippen molar-refractivity contribution in [3.05, 3.63) is 0 Å². The van der Waals surface area contributed by atoms with Crippen molar-refractivity contribution in [3.63, 3.8) is 0 Å². The lowest BCUT2D eigenvalue weighted by Crippen LogP contribution is -2.47. The average Bonchev–Trinajstić information content (AvgIpc) is 2.64. The molecule has 1 amide bonds. The summed E-state index contributed by atoms with van der Waals surface area (Å²) in [6, 6.07) is 0. The molecule has 1 saturated carbocycles. The number of likely N-dealkylation sites (N-methyl/N-ethyl adjacent to an activating group) is 1. The van der Waals surface area contributed by atoms with E-state index in [1.165, 1.54) is 12.8 Å². The molecule has 0 unspecified atom stereocenters. The maximum Gasteiger partial charge on any atom is 0.227 e. The second kappa shape index (κ2) is 7.74. The molecule has 0 bridgehead atoms. The van der Waals surface area contributed by atoms with Gasteiger partial charge in [0, 0.05) is 19.6 Å². The molecule has 1 rings (SSSR count). The van der Waals surface area contributed by atoms with Gasteiger partial charge in [-0.3, -0.25) is 4.79 Å². The summed E-state index contributed by atoms with van der Waals surface area (Å²) in [5.41, 5.74) is 5.60. The molecule has 4 heteroatoms. The fourth-order valence-corrected chi connectivity index (χ4v) is 2.64. The highest BCUT2D eigenvalue weighted by atomic mass is 16.2. The van der Waals surface area contributed by atoms with Gasteiger partial charge >= 0.3 is 0 Å². The number of nitrogens with two attached hydrogens (primary N) is 1. The maximum atomic E-state index is 12.4. The minimum absolute atomic E-state index is 0.177. The Kier molecular flexibility index (Phi) is 6.65. The molecule has 1 aliphatic carbocycles. The molecular weight excluding hydrogens is 226 g/mol. The molecule has 0 radical (unpaired) electrons. The fourth-order valence-electron chi connectivity index (χ4n) is 2.64. The van der Waals surface area contributed by atoms with Crippen molar-refractivity contribution in [2.24, 2.45) is 11.1 Å². The van der Waals surface area contributed by atoms with Crippen molar-refractivity contribution in [2.45, 2.75) is 45.4 Å². The Hall–Kier alpha value is -0.610. The number of carbonyl (C=O) groups excluding carboxylic acids is 1. The minimum atomic E-state index is -0.290. The van der Waals surface area contributed by atoms with Crippen molar-refractivity contribution in [2.75, 3.05) is 33.2 Å². The molecule has 0 spiro atoms. The quantitative estimate of drug-likeness (QED) is 0.705. The van der Waals surface area contributed by atoms with Gasteiger partial charge in [-0.25, -0.2) is 0 Å². The van der Waals surface area contributed by atoms with E-state index in [2.05, 4.69) is 24.2 Å². The van der Waals surface area contributed by atoms with Crippen LogP contribution in [0, 0.1) is 5.41 Å². The summed E-state index contributed by atoms with van der Waals surface area (Å²) in [6.45, 7) is 5.25. The Morgan fingerprint density at radius 2 is 1.89 bits per heavy atom. The molecule has 0 saturated heterocycles. The van der Waals surface area contributed by atoms with Crippen LogP contribution >= 0.6 is 0 Å². The van der Waals surface area contributed by atoms with E-state index < -0.39 is 0 Å². The van der Waals surface area contributed by atoms with Gasteiger partial charge in [0.05, 0.1) is 5.41 Å². The van der Waals surface area contributed by atoms with Crippen molar-refractivity contribution >= 4 is 5.91 Å². The summed E-state index contributed by atoms with van der Waals surface area (Å²) >= 11 is 0. The third-order valence-electron chi connectivity index (χ3n) is 4.25. The molecule has 0 aliphatic heterocycles. The molecule has 4 nitrogen and oxygen atoms in total. The van der Waals surface area contributed by atoms with Gasteiger partial charge in [-0.05, 0) is 26.4 Å². The van der Waals surface area contributed by atoms with Gasteiger partial charge < -0.3 is 16.0 Å². The SMILES string of the molecule is CCN(C)CCNC(=O)C1(CN)CCCCCC1. The van der Waals surface area contributed by atoms with Gasteiger partial charge in [0.1, 0.15) is 0 Å². The van der Waals surface area contributed by atoms with Crippen LogP contribution in [0.1, 0.15) is 45.4 Å². The monoisotopic (exact) mass is 255 g/mol. The van der Waals surface area contributed by atoms with Crippen LogP contribution in [-0.4, -0.2) is 44.0 Å². The summed E-state index contributed by atoms with van der Waals surface area (Å²) in [5, 5.41) is 3.08. The summed E-state index contributed by atoms with van der Waals surface area (Å²) in [4.78, 5) is 14.6. The zero-order chi connectivity index (χ0) is 13.4. The minimum Gasteiger partial charge on any atom is -0.354 e. The number of hydrogen-bond donors (Lipinski definition) is 2. The zero-order valence-electron chi connectivity index (χ0n) is 12.0. The Labute approximate surface area is 111 Å². The fraction of sp³-hybridized carbons (Fsp3) is 0.929. The number of nitrogens with one attached hydrogen (secondary N) is 1. The lowest BCUT2D eigenvalue weighted by atomic mass is 9.79. The number of carbonyl (C=O) groups is 1. The lowest BCUT2D eigenvalue weighted by Gasteiger charge is -2.30. The molecule has 1 fully saturated rings. The van der Waals surface area contributed by atoms with Gasteiger partial charge in [0.2, 0.25) is 5.91 Å². The van der Waals surface area contributed by atoms with Gasteiger partial charge in [0.15, 0.2) is 0 Å². The average molecular weight is 255 g/mol. The summed E-state index contributed by atoms with van der Waals surface area (Å²) in [7, 11) is 2.07. The highest BCUT2D eigenvalue weighted by Crippen LogP contribution is 2.34. The predicted octanol–water partition coefficient (Wildman–Crippen LogP) is 1.35. The van der Waals surface area contributed by atoms with Crippen molar-refractivity contribution in [1.29, 1.82) is 0 Å². The molecule has 106 valence electrons. The Morgan fingerprint density at radius 3 is 2.39 bits per heavy atom. The molecule has 0 aromatic rings. The highest BCUT2D eigenvalue weighted by molar-refractivity contribution is 5.82. The van der Waals surface area contributed by atoms with E-state index in [4.69, 9.17) is 5.73 Å². The van der Waals surface area contributed by atoms with Crippen molar-refractivity contribution in [3.8, 4) is 0 Å². The third-order valence-corrected chi connectivity index (χ3v) is 4.25. The first-order valence-corrected chi connectivity index (χ1v) is 7.31. The number of amides is 1. The van der Waals surface area contributed by atoms with Crippen LogP contribution in [0.5, 0.6) is 0 Å². The van der Waals surface area contributed by atoms with E-state index in [0.717, 1.165) is 45.3 Å². The molecular formula is C14H29N3O. The van der Waals surface area contributed by atoms with Crippen LogP contribution in [0.25, 0.3) is 0 Å². The second-order valence-electron chi connectivity index (χ2n) is 5.55. The first-order valence-electron chi connectivity index (χ1n) is 7.31. The second-order valence-corrected chi connectivity index (χ2v) is 5.55. The van der Waals surface area contributed by atoms with Crippen LogP contribution in [0.3, 0.4) is 0 Å². The van der Waals surface area contributed by atoms with Gasteiger partial charge in [0.25, 0.3) is 0 Å². The van der Waals surface area contributed by atoms with Crippen LogP contribution in [0.4, 0.5) is 0 Å². The number of rotatable bonds is 6. The van der Waals surface area contributed by atoms with Crippen LogP contribution in [0.15, 0.2) is 0 Å². The predicted molar refractivity (Wildman–Crippen MR) is 75.4 cm³/mol. The summed E-state index contributed by atoms with van der Waals surface area (Å²) < 4.78 is 0. The maximum absolute atomic E-state index is 12.4.